The standard InChI is InChI=1S/C24H21O6S.C22H19O4S.C20H17O2S/c1-16(25)28-19-4-10-22(11-5-19)31(23-12-6-20(7-13-23)29-17(2)26)24-14-8-21(9-15-24)30-18(3)27;1-16(23)25-18-8-12-21(13-9-18)27(20-6-4-3-5-7-20)22-14-10-19(11-15-22)26-17(2)24;1-16(21)22-17-12-14-20(15-13-17)23(18-8-4-2-5-9-18)19-10-6-3-7-11-19/h4-15H,1-3H3;3-15H,1-2H3;2-15H,1H3/q3*+1. The predicted octanol–water partition coefficient (Wildman–Crippen LogP) is 13.9. The van der Waals surface area contributed by atoms with Crippen LogP contribution in [0.25, 0.3) is 0 Å². The minimum absolute atomic E-state index is 0.176. The lowest BCUT2D eigenvalue weighted by Crippen LogP contribution is -2.07. The summed E-state index contributed by atoms with van der Waals surface area (Å²) < 4.78 is 30.8. The molecule has 81 heavy (non-hydrogen) atoms. The summed E-state index contributed by atoms with van der Waals surface area (Å²) in [7, 11) is -1.01. The van der Waals surface area contributed by atoms with Crippen molar-refractivity contribution >= 4 is 68.5 Å². The lowest BCUT2D eigenvalue weighted by molar-refractivity contribution is -0.132. The molecule has 0 bridgehead atoms. The Kier molecular flexibility index (Phi) is 21.8. The van der Waals surface area contributed by atoms with Crippen molar-refractivity contribution in [2.75, 3.05) is 0 Å². The molecule has 0 saturated heterocycles. The smallest absolute Gasteiger partial charge is 0.308 e. The van der Waals surface area contributed by atoms with Gasteiger partial charge in [0.1, 0.15) is 34.5 Å². The van der Waals surface area contributed by atoms with Crippen LogP contribution in [0.15, 0.2) is 281 Å². The first-order valence-corrected chi connectivity index (χ1v) is 28.8. The van der Waals surface area contributed by atoms with Crippen LogP contribution >= 0.6 is 0 Å². The van der Waals surface area contributed by atoms with Crippen molar-refractivity contribution in [1.82, 2.24) is 0 Å². The SMILES string of the molecule is CC(=O)Oc1ccc([S+](c2ccc(OC(C)=O)cc2)c2ccc(OC(C)=O)cc2)cc1.CC(=O)Oc1ccc([S+](c2ccccc2)c2ccc(OC(C)=O)cc2)cc1.CC(=O)Oc1ccc([S+](c2ccccc2)c2ccccc2)cc1. The van der Waals surface area contributed by atoms with Crippen LogP contribution in [0, 0.1) is 0 Å². The number of hydrogen-bond donors (Lipinski definition) is 0. The Labute approximate surface area is 479 Å². The van der Waals surface area contributed by atoms with Gasteiger partial charge in [0, 0.05) is 41.5 Å². The van der Waals surface area contributed by atoms with E-state index in [0.29, 0.717) is 34.5 Å². The molecule has 9 aromatic carbocycles. The van der Waals surface area contributed by atoms with Crippen molar-refractivity contribution in [1.29, 1.82) is 0 Å². The van der Waals surface area contributed by atoms with Crippen LogP contribution in [0.1, 0.15) is 41.5 Å². The highest BCUT2D eigenvalue weighted by Gasteiger charge is 2.31. The van der Waals surface area contributed by atoms with Crippen molar-refractivity contribution in [2.24, 2.45) is 0 Å². The second-order valence-electron chi connectivity index (χ2n) is 17.2. The molecule has 408 valence electrons. The van der Waals surface area contributed by atoms with E-state index in [1.54, 1.807) is 60.7 Å². The highest BCUT2D eigenvalue weighted by molar-refractivity contribution is 7.97. The average Bonchev–Trinajstić information content (AvgIpc) is 3.49. The van der Waals surface area contributed by atoms with E-state index in [9.17, 15) is 28.8 Å². The maximum Gasteiger partial charge on any atom is 0.308 e. The molecule has 9 rings (SSSR count). The Morgan fingerprint density at radius 3 is 0.444 bits per heavy atom. The fraction of sp³-hybridized carbons (Fsp3) is 0.0909. The molecule has 15 heteroatoms. The number of hydrogen-bond acceptors (Lipinski definition) is 12. The number of carbonyl (C=O) groups is 6. The fourth-order valence-corrected chi connectivity index (χ4v) is 13.9. The van der Waals surface area contributed by atoms with E-state index in [1.807, 2.05) is 115 Å². The molecule has 9 aromatic rings. The van der Waals surface area contributed by atoms with Crippen molar-refractivity contribution < 1.29 is 57.2 Å². The van der Waals surface area contributed by atoms with E-state index in [0.717, 1.165) is 29.4 Å². The second-order valence-corrected chi connectivity index (χ2v) is 23.3. The van der Waals surface area contributed by atoms with E-state index >= 15 is 0 Å². The molecule has 0 unspecified atom stereocenters. The van der Waals surface area contributed by atoms with Crippen LogP contribution in [0.3, 0.4) is 0 Å². The molecule has 0 aliphatic rings. The summed E-state index contributed by atoms with van der Waals surface area (Å²) in [6.07, 6.45) is 0. The zero-order valence-electron chi connectivity index (χ0n) is 45.1. The summed E-state index contributed by atoms with van der Waals surface area (Å²) >= 11 is 0. The van der Waals surface area contributed by atoms with Gasteiger partial charge in [0.15, 0.2) is 44.1 Å². The van der Waals surface area contributed by atoms with Gasteiger partial charge in [0.25, 0.3) is 0 Å². The quantitative estimate of drug-likeness (QED) is 0.0544. The summed E-state index contributed by atoms with van der Waals surface area (Å²) in [4.78, 5) is 77.0. The maximum absolute atomic E-state index is 11.2. The van der Waals surface area contributed by atoms with E-state index in [1.165, 1.54) is 56.2 Å². The van der Waals surface area contributed by atoms with Gasteiger partial charge >= 0.3 is 35.8 Å². The van der Waals surface area contributed by atoms with Gasteiger partial charge in [-0.15, -0.1) is 0 Å². The molecular formula is C66H57O12S3+3. The van der Waals surface area contributed by atoms with Gasteiger partial charge in [-0.1, -0.05) is 54.6 Å². The number of benzene rings is 9. The minimum Gasteiger partial charge on any atom is -0.427 e. The fourth-order valence-electron chi connectivity index (χ4n) is 7.75. The zero-order valence-corrected chi connectivity index (χ0v) is 47.6. The first-order chi connectivity index (χ1) is 39.1. The molecule has 0 heterocycles. The van der Waals surface area contributed by atoms with Crippen molar-refractivity contribution in [3.63, 3.8) is 0 Å². The molecular weight excluding hydrogens is 1080 g/mol. The molecule has 0 spiro atoms. The molecule has 0 saturated carbocycles. The van der Waals surface area contributed by atoms with Gasteiger partial charge in [-0.2, -0.15) is 0 Å². The molecule has 12 nitrogen and oxygen atoms in total. The number of rotatable bonds is 15. The molecule has 0 N–H and O–H groups in total. The Morgan fingerprint density at radius 2 is 0.321 bits per heavy atom. The lowest BCUT2D eigenvalue weighted by atomic mass is 10.3. The third kappa shape index (κ3) is 18.5. The van der Waals surface area contributed by atoms with E-state index in [-0.39, 0.29) is 57.6 Å². The summed E-state index contributed by atoms with van der Waals surface area (Å²) in [5.74, 6) is 0.893. The molecule has 0 aliphatic heterocycles. The monoisotopic (exact) mass is 1140 g/mol. The summed E-state index contributed by atoms with van der Waals surface area (Å²) in [5.41, 5.74) is 0. The second kappa shape index (κ2) is 29.7. The summed E-state index contributed by atoms with van der Waals surface area (Å²) in [6.45, 7) is 8.24. The van der Waals surface area contributed by atoms with E-state index in [4.69, 9.17) is 28.4 Å². The van der Waals surface area contributed by atoms with Crippen LogP contribution in [0.2, 0.25) is 0 Å². The third-order valence-corrected chi connectivity index (χ3v) is 17.6. The van der Waals surface area contributed by atoms with Crippen molar-refractivity contribution in [3.05, 3.63) is 237 Å². The third-order valence-electron chi connectivity index (χ3n) is 10.9. The van der Waals surface area contributed by atoms with Crippen molar-refractivity contribution in [2.45, 2.75) is 85.6 Å². The first-order valence-electron chi connectivity index (χ1n) is 25.2. The van der Waals surface area contributed by atoms with Crippen LogP contribution < -0.4 is 28.4 Å². The number of esters is 6. The van der Waals surface area contributed by atoms with Crippen LogP contribution in [0.4, 0.5) is 0 Å². The van der Waals surface area contributed by atoms with Crippen LogP contribution in [0.5, 0.6) is 34.5 Å². The first kappa shape index (κ1) is 59.5. The Bertz CT molecular complexity index is 3270. The van der Waals surface area contributed by atoms with Gasteiger partial charge in [-0.25, -0.2) is 0 Å². The minimum atomic E-state index is -0.499. The van der Waals surface area contributed by atoms with Gasteiger partial charge < -0.3 is 28.4 Å². The highest BCUT2D eigenvalue weighted by atomic mass is 32.2. The van der Waals surface area contributed by atoms with Gasteiger partial charge in [0.05, 0.1) is 32.7 Å². The molecule has 0 atom stereocenters. The summed E-state index contributed by atoms with van der Waals surface area (Å²) in [6, 6.07) is 75.8. The average molecular weight is 1140 g/mol. The molecule has 0 aliphatic carbocycles. The van der Waals surface area contributed by atoms with Crippen LogP contribution in [-0.2, 0) is 61.5 Å². The van der Waals surface area contributed by atoms with Gasteiger partial charge in [-0.3, -0.25) is 28.8 Å². The Morgan fingerprint density at radius 1 is 0.198 bits per heavy atom. The topological polar surface area (TPSA) is 158 Å². The highest BCUT2D eigenvalue weighted by Crippen LogP contribution is 2.36. The van der Waals surface area contributed by atoms with E-state index < -0.39 is 10.9 Å². The summed E-state index contributed by atoms with van der Waals surface area (Å²) in [5, 5.41) is 0. The normalized spacial score (nSPS) is 10.5. The molecule has 0 radical (unpaired) electrons. The van der Waals surface area contributed by atoms with Crippen LogP contribution in [-0.4, -0.2) is 35.8 Å². The number of ether oxygens (including phenoxy) is 6. The van der Waals surface area contributed by atoms with Crippen molar-refractivity contribution in [3.8, 4) is 34.5 Å². The predicted molar refractivity (Wildman–Crippen MR) is 312 cm³/mol. The largest absolute Gasteiger partial charge is 0.427 e. The number of carbonyl (C=O) groups excluding carboxylic acids is 6. The van der Waals surface area contributed by atoms with E-state index in [2.05, 4.69) is 60.7 Å². The maximum atomic E-state index is 11.2. The lowest BCUT2D eigenvalue weighted by Gasteiger charge is -2.10. The molecule has 0 fully saturated rings. The van der Waals surface area contributed by atoms with Gasteiger partial charge in [0.2, 0.25) is 0 Å². The molecule has 0 aromatic heterocycles. The molecule has 0 amide bonds. The Balaban J connectivity index is 0.000000177. The Hall–Kier alpha value is -9.15. The van der Waals surface area contributed by atoms with Gasteiger partial charge in [-0.05, 0) is 182 Å². The zero-order chi connectivity index (χ0) is 57.7.